The summed E-state index contributed by atoms with van der Waals surface area (Å²) in [6.45, 7) is 5.61. The highest BCUT2D eigenvalue weighted by Gasteiger charge is 2.16. The Morgan fingerprint density at radius 1 is 1.33 bits per heavy atom. The average molecular weight is 296 g/mol. The van der Waals surface area contributed by atoms with Crippen molar-refractivity contribution in [2.75, 3.05) is 33.8 Å². The molecule has 1 heterocycles. The average Bonchev–Trinajstić information content (AvgIpc) is 3.00. The molecule has 0 aliphatic heterocycles. The lowest BCUT2D eigenvalue weighted by Crippen LogP contribution is -2.46. The van der Waals surface area contributed by atoms with Gasteiger partial charge in [-0.15, -0.1) is 0 Å². The van der Waals surface area contributed by atoms with E-state index in [1.54, 1.807) is 26.3 Å². The third-order valence-electron chi connectivity index (χ3n) is 2.91. The molecule has 7 heteroatoms. The SMILES string of the molecule is CN=C(NCCNC(=O)c1ccco1)NCC(C)(C)OC. The van der Waals surface area contributed by atoms with Gasteiger partial charge in [0.25, 0.3) is 5.91 Å². The molecule has 7 nitrogen and oxygen atoms in total. The van der Waals surface area contributed by atoms with E-state index in [1.807, 2.05) is 13.8 Å². The fraction of sp³-hybridized carbons (Fsp3) is 0.571. The maximum absolute atomic E-state index is 11.6. The predicted octanol–water partition coefficient (Wildman–Crippen LogP) is 0.599. The number of hydrogen-bond donors (Lipinski definition) is 3. The van der Waals surface area contributed by atoms with Crippen molar-refractivity contribution in [3.05, 3.63) is 24.2 Å². The molecule has 118 valence electrons. The van der Waals surface area contributed by atoms with E-state index in [9.17, 15) is 4.79 Å². The van der Waals surface area contributed by atoms with Gasteiger partial charge in [0.15, 0.2) is 11.7 Å². The van der Waals surface area contributed by atoms with Gasteiger partial charge in [0.2, 0.25) is 0 Å². The van der Waals surface area contributed by atoms with Gasteiger partial charge < -0.3 is 25.1 Å². The van der Waals surface area contributed by atoms with Crippen molar-refractivity contribution < 1.29 is 13.9 Å². The molecular formula is C14H24N4O3. The first-order valence-corrected chi connectivity index (χ1v) is 6.80. The molecule has 3 N–H and O–H groups in total. The van der Waals surface area contributed by atoms with Crippen LogP contribution in [0.25, 0.3) is 0 Å². The third kappa shape index (κ3) is 6.31. The van der Waals surface area contributed by atoms with E-state index in [-0.39, 0.29) is 11.5 Å². The minimum atomic E-state index is -0.273. The van der Waals surface area contributed by atoms with Crippen LogP contribution in [0.3, 0.4) is 0 Å². The van der Waals surface area contributed by atoms with Crippen molar-refractivity contribution in [1.29, 1.82) is 0 Å². The van der Waals surface area contributed by atoms with Crippen molar-refractivity contribution >= 4 is 11.9 Å². The summed E-state index contributed by atoms with van der Waals surface area (Å²) in [5.74, 6) is 0.733. The molecule has 0 spiro atoms. The second-order valence-electron chi connectivity index (χ2n) is 5.05. The number of rotatable bonds is 7. The highest BCUT2D eigenvalue weighted by molar-refractivity contribution is 5.91. The van der Waals surface area contributed by atoms with Crippen LogP contribution in [0.4, 0.5) is 0 Å². The van der Waals surface area contributed by atoms with Crippen LogP contribution < -0.4 is 16.0 Å². The Bertz CT molecular complexity index is 455. The summed E-state index contributed by atoms with van der Waals surface area (Å²) in [5.41, 5.74) is -0.273. The second-order valence-corrected chi connectivity index (χ2v) is 5.05. The Morgan fingerprint density at radius 2 is 2.05 bits per heavy atom. The molecule has 0 saturated carbocycles. The van der Waals surface area contributed by atoms with Gasteiger partial charge in [-0.05, 0) is 26.0 Å². The van der Waals surface area contributed by atoms with Gasteiger partial charge in [-0.1, -0.05) is 0 Å². The van der Waals surface area contributed by atoms with E-state index < -0.39 is 0 Å². The first-order valence-electron chi connectivity index (χ1n) is 6.80. The molecule has 0 atom stereocenters. The fourth-order valence-corrected chi connectivity index (χ4v) is 1.44. The lowest BCUT2D eigenvalue weighted by Gasteiger charge is -2.24. The molecule has 1 amide bonds. The number of aliphatic imine (C=N–C) groups is 1. The lowest BCUT2D eigenvalue weighted by atomic mass is 10.1. The highest BCUT2D eigenvalue weighted by atomic mass is 16.5. The van der Waals surface area contributed by atoms with Gasteiger partial charge in [-0.25, -0.2) is 0 Å². The molecule has 0 saturated heterocycles. The zero-order valence-corrected chi connectivity index (χ0v) is 13.0. The Morgan fingerprint density at radius 3 is 2.62 bits per heavy atom. The first kappa shape index (κ1) is 17.0. The van der Waals surface area contributed by atoms with E-state index in [4.69, 9.17) is 9.15 Å². The number of hydrogen-bond acceptors (Lipinski definition) is 4. The van der Waals surface area contributed by atoms with Gasteiger partial charge in [-0.3, -0.25) is 9.79 Å². The van der Waals surface area contributed by atoms with E-state index in [1.165, 1.54) is 6.26 Å². The molecule has 0 aromatic carbocycles. The molecule has 1 aromatic heterocycles. The van der Waals surface area contributed by atoms with Gasteiger partial charge >= 0.3 is 0 Å². The summed E-state index contributed by atoms with van der Waals surface area (Å²) in [4.78, 5) is 15.7. The summed E-state index contributed by atoms with van der Waals surface area (Å²) in [6, 6.07) is 3.30. The Hall–Kier alpha value is -2.02. The van der Waals surface area contributed by atoms with Crippen molar-refractivity contribution in [2.45, 2.75) is 19.4 Å². The van der Waals surface area contributed by atoms with Crippen LogP contribution in [0.5, 0.6) is 0 Å². The zero-order chi connectivity index (χ0) is 15.7. The van der Waals surface area contributed by atoms with Crippen LogP contribution in [-0.2, 0) is 4.74 Å². The number of amides is 1. The highest BCUT2D eigenvalue weighted by Crippen LogP contribution is 2.04. The molecule has 0 unspecified atom stereocenters. The Labute approximate surface area is 125 Å². The lowest BCUT2D eigenvalue weighted by molar-refractivity contribution is 0.0268. The predicted molar refractivity (Wildman–Crippen MR) is 81.5 cm³/mol. The number of guanidine groups is 1. The van der Waals surface area contributed by atoms with Crippen LogP contribution in [-0.4, -0.2) is 51.3 Å². The number of methoxy groups -OCH3 is 1. The molecule has 0 fully saturated rings. The quantitative estimate of drug-likeness (QED) is 0.389. The summed E-state index contributed by atoms with van der Waals surface area (Å²) >= 11 is 0. The minimum absolute atomic E-state index is 0.231. The maximum Gasteiger partial charge on any atom is 0.287 e. The normalized spacial score (nSPS) is 12.1. The maximum atomic E-state index is 11.6. The van der Waals surface area contributed by atoms with Crippen LogP contribution in [0.2, 0.25) is 0 Å². The van der Waals surface area contributed by atoms with Crippen LogP contribution in [0.1, 0.15) is 24.4 Å². The topological polar surface area (TPSA) is 87.9 Å². The molecule has 21 heavy (non-hydrogen) atoms. The van der Waals surface area contributed by atoms with E-state index >= 15 is 0 Å². The molecular weight excluding hydrogens is 272 g/mol. The zero-order valence-electron chi connectivity index (χ0n) is 13.0. The number of nitrogens with zero attached hydrogens (tertiary/aromatic N) is 1. The van der Waals surface area contributed by atoms with Gasteiger partial charge in [-0.2, -0.15) is 0 Å². The number of carbonyl (C=O) groups is 1. The third-order valence-corrected chi connectivity index (χ3v) is 2.91. The fourth-order valence-electron chi connectivity index (χ4n) is 1.44. The molecule has 1 rings (SSSR count). The van der Waals surface area contributed by atoms with Crippen molar-refractivity contribution in [3.8, 4) is 0 Å². The largest absolute Gasteiger partial charge is 0.459 e. The van der Waals surface area contributed by atoms with Crippen LogP contribution >= 0.6 is 0 Å². The van der Waals surface area contributed by atoms with E-state index in [2.05, 4.69) is 20.9 Å². The Balaban J connectivity index is 2.22. The smallest absolute Gasteiger partial charge is 0.287 e. The molecule has 1 aromatic rings. The number of furan rings is 1. The van der Waals surface area contributed by atoms with Crippen molar-refractivity contribution in [3.63, 3.8) is 0 Å². The van der Waals surface area contributed by atoms with Crippen molar-refractivity contribution in [2.24, 2.45) is 4.99 Å². The molecule has 0 aliphatic carbocycles. The summed E-state index contributed by atoms with van der Waals surface area (Å²) in [7, 11) is 3.36. The van der Waals surface area contributed by atoms with E-state index in [0.29, 0.717) is 31.4 Å². The minimum Gasteiger partial charge on any atom is -0.459 e. The summed E-state index contributed by atoms with van der Waals surface area (Å²) in [6.07, 6.45) is 1.47. The Kier molecular flexibility index (Phi) is 6.74. The second kappa shape index (κ2) is 8.31. The van der Waals surface area contributed by atoms with Gasteiger partial charge in [0.1, 0.15) is 0 Å². The van der Waals surface area contributed by atoms with Gasteiger partial charge in [0.05, 0.1) is 11.9 Å². The monoisotopic (exact) mass is 296 g/mol. The summed E-state index contributed by atoms with van der Waals surface area (Å²) in [5, 5.41) is 9.01. The number of nitrogens with one attached hydrogen (secondary N) is 3. The van der Waals surface area contributed by atoms with Crippen molar-refractivity contribution in [1.82, 2.24) is 16.0 Å². The van der Waals surface area contributed by atoms with Crippen LogP contribution in [0, 0.1) is 0 Å². The van der Waals surface area contributed by atoms with E-state index in [0.717, 1.165) is 0 Å². The van der Waals surface area contributed by atoms with Crippen LogP contribution in [0.15, 0.2) is 27.8 Å². The first-order chi connectivity index (χ1) is 9.98. The number of ether oxygens (including phenoxy) is 1. The standard InChI is InChI=1S/C14H24N4O3/c1-14(2,20-4)10-18-13(15-3)17-8-7-16-12(19)11-6-5-9-21-11/h5-6,9H,7-8,10H2,1-4H3,(H,16,19)(H2,15,17,18). The molecule has 0 radical (unpaired) electrons. The molecule has 0 aliphatic rings. The summed E-state index contributed by atoms with van der Waals surface area (Å²) < 4.78 is 10.3. The number of carbonyl (C=O) groups excluding carboxylic acids is 1. The van der Waals surface area contributed by atoms with Gasteiger partial charge in [0, 0.05) is 33.8 Å². The molecule has 0 bridgehead atoms.